The molecule has 0 N–H and O–H groups in total. The summed E-state index contributed by atoms with van der Waals surface area (Å²) in [4.78, 5) is 13.6. The molecule has 0 spiro atoms. The molecule has 0 aliphatic heterocycles. The lowest BCUT2D eigenvalue weighted by atomic mass is 10.0. The van der Waals surface area contributed by atoms with Crippen molar-refractivity contribution in [1.29, 1.82) is 0 Å². The van der Waals surface area contributed by atoms with Crippen LogP contribution in [0, 0.1) is 24.4 Å². The van der Waals surface area contributed by atoms with E-state index in [0.717, 1.165) is 19.2 Å². The van der Waals surface area contributed by atoms with Crippen molar-refractivity contribution in [2.24, 2.45) is 7.05 Å². The Morgan fingerprint density at radius 1 is 1.29 bits per heavy atom. The summed E-state index contributed by atoms with van der Waals surface area (Å²) in [5, 5.41) is 7.88. The quantitative estimate of drug-likeness (QED) is 0.613. The molecule has 2 rings (SSSR count). The summed E-state index contributed by atoms with van der Waals surface area (Å²) in [5.41, 5.74) is -0.0559. The van der Waals surface area contributed by atoms with Crippen molar-refractivity contribution >= 4 is 5.97 Å². The van der Waals surface area contributed by atoms with Crippen molar-refractivity contribution in [2.75, 3.05) is 14.2 Å². The number of rotatable bonds is 5. The van der Waals surface area contributed by atoms with Gasteiger partial charge in [-0.25, -0.2) is 18.0 Å². The SMILES string of the molecule is COC(=O)C(c1cc(F)c(F)c(F)c1)N(C)Cc1nnc(C)n1C. The molecule has 24 heavy (non-hydrogen) atoms. The molecule has 1 aromatic carbocycles. The standard InChI is InChI=1S/C15H17F3N4O2/c1-8-19-20-12(22(8)3)7-21(2)14(15(23)24-4)9-5-10(16)13(18)11(17)6-9/h5-6,14H,7H2,1-4H3. The maximum absolute atomic E-state index is 13.5. The number of hydrogen-bond acceptors (Lipinski definition) is 5. The van der Waals surface area contributed by atoms with Gasteiger partial charge in [0, 0.05) is 7.05 Å². The van der Waals surface area contributed by atoms with Crippen LogP contribution in [-0.2, 0) is 23.1 Å². The number of aryl methyl sites for hydroxylation is 1. The normalized spacial score (nSPS) is 12.5. The zero-order valence-corrected chi connectivity index (χ0v) is 13.7. The van der Waals surface area contributed by atoms with E-state index in [0.29, 0.717) is 11.6 Å². The van der Waals surface area contributed by atoms with Gasteiger partial charge < -0.3 is 9.30 Å². The Bertz CT molecular complexity index is 740. The largest absolute Gasteiger partial charge is 0.468 e. The Labute approximate surface area is 136 Å². The highest BCUT2D eigenvalue weighted by Crippen LogP contribution is 2.25. The molecule has 0 aliphatic carbocycles. The van der Waals surface area contributed by atoms with Crippen LogP contribution in [0.25, 0.3) is 0 Å². The van der Waals surface area contributed by atoms with Gasteiger partial charge in [-0.1, -0.05) is 0 Å². The van der Waals surface area contributed by atoms with Gasteiger partial charge in [0.05, 0.1) is 13.7 Å². The molecule has 1 atom stereocenters. The molecule has 6 nitrogen and oxygen atoms in total. The zero-order chi connectivity index (χ0) is 18.0. The number of methoxy groups -OCH3 is 1. The molecule has 0 amide bonds. The number of hydrogen-bond donors (Lipinski definition) is 0. The number of halogens is 3. The molecule has 0 radical (unpaired) electrons. The number of ether oxygens (including phenoxy) is 1. The van der Waals surface area contributed by atoms with Crippen LogP contribution in [0.5, 0.6) is 0 Å². The minimum Gasteiger partial charge on any atom is -0.468 e. The third kappa shape index (κ3) is 3.40. The fraction of sp³-hybridized carbons (Fsp3) is 0.400. The van der Waals surface area contributed by atoms with Crippen LogP contribution >= 0.6 is 0 Å². The fourth-order valence-corrected chi connectivity index (χ4v) is 2.32. The smallest absolute Gasteiger partial charge is 0.327 e. The van der Waals surface area contributed by atoms with E-state index in [4.69, 9.17) is 4.74 Å². The number of benzene rings is 1. The van der Waals surface area contributed by atoms with Gasteiger partial charge in [0.1, 0.15) is 17.7 Å². The van der Waals surface area contributed by atoms with Crippen molar-refractivity contribution in [1.82, 2.24) is 19.7 Å². The Kier molecular flexibility index (Phi) is 5.23. The second kappa shape index (κ2) is 7.00. The van der Waals surface area contributed by atoms with Crippen molar-refractivity contribution < 1.29 is 22.7 Å². The first-order chi connectivity index (χ1) is 11.3. The van der Waals surface area contributed by atoms with Crippen molar-refractivity contribution in [3.63, 3.8) is 0 Å². The fourth-order valence-electron chi connectivity index (χ4n) is 2.32. The molecule has 2 aromatic rings. The van der Waals surface area contributed by atoms with Crippen molar-refractivity contribution in [3.05, 3.63) is 46.8 Å². The summed E-state index contributed by atoms with van der Waals surface area (Å²) in [6.07, 6.45) is 0. The molecule has 9 heteroatoms. The van der Waals surface area contributed by atoms with Crippen LogP contribution in [0.4, 0.5) is 13.2 Å². The summed E-state index contributed by atoms with van der Waals surface area (Å²) in [7, 11) is 4.47. The highest BCUT2D eigenvalue weighted by Gasteiger charge is 2.29. The van der Waals surface area contributed by atoms with E-state index in [2.05, 4.69) is 10.2 Å². The molecule has 1 heterocycles. The van der Waals surface area contributed by atoms with E-state index >= 15 is 0 Å². The van der Waals surface area contributed by atoms with Gasteiger partial charge in [-0.15, -0.1) is 10.2 Å². The second-order valence-corrected chi connectivity index (χ2v) is 5.36. The Morgan fingerprint density at radius 3 is 2.33 bits per heavy atom. The van der Waals surface area contributed by atoms with Crippen LogP contribution < -0.4 is 0 Å². The molecule has 1 aromatic heterocycles. The van der Waals surface area contributed by atoms with Gasteiger partial charge >= 0.3 is 5.97 Å². The average molecular weight is 342 g/mol. The predicted molar refractivity (Wildman–Crippen MR) is 78.3 cm³/mol. The minimum atomic E-state index is -1.59. The average Bonchev–Trinajstić information content (AvgIpc) is 2.84. The van der Waals surface area contributed by atoms with E-state index in [-0.39, 0.29) is 12.1 Å². The molecule has 0 fully saturated rings. The molecule has 130 valence electrons. The maximum Gasteiger partial charge on any atom is 0.327 e. The molecule has 1 unspecified atom stereocenters. The van der Waals surface area contributed by atoms with Crippen LogP contribution in [0.2, 0.25) is 0 Å². The van der Waals surface area contributed by atoms with Gasteiger partial charge in [-0.2, -0.15) is 0 Å². The van der Waals surface area contributed by atoms with E-state index in [1.54, 1.807) is 25.6 Å². The molecular weight excluding hydrogens is 325 g/mol. The number of likely N-dealkylation sites (N-methyl/N-ethyl adjacent to an activating group) is 1. The number of aromatic nitrogens is 3. The monoisotopic (exact) mass is 342 g/mol. The van der Waals surface area contributed by atoms with Crippen molar-refractivity contribution in [2.45, 2.75) is 19.5 Å². The van der Waals surface area contributed by atoms with Gasteiger partial charge in [0.15, 0.2) is 17.5 Å². The van der Waals surface area contributed by atoms with E-state index in [1.165, 1.54) is 4.90 Å². The first-order valence-corrected chi connectivity index (χ1v) is 7.03. The molecule has 0 bridgehead atoms. The van der Waals surface area contributed by atoms with Crippen LogP contribution in [0.1, 0.15) is 23.3 Å². The lowest BCUT2D eigenvalue weighted by Crippen LogP contribution is -2.32. The number of esters is 1. The zero-order valence-electron chi connectivity index (χ0n) is 13.7. The lowest BCUT2D eigenvalue weighted by Gasteiger charge is -2.26. The molecule has 0 saturated heterocycles. The summed E-state index contributed by atoms with van der Waals surface area (Å²) in [6, 6.07) is 0.424. The number of carbonyl (C=O) groups excluding carboxylic acids is 1. The van der Waals surface area contributed by atoms with E-state index in [9.17, 15) is 18.0 Å². The second-order valence-electron chi connectivity index (χ2n) is 5.36. The highest BCUT2D eigenvalue weighted by atomic mass is 19.2. The minimum absolute atomic E-state index is 0.0559. The summed E-state index contributed by atoms with van der Waals surface area (Å²) in [6.45, 7) is 1.93. The Balaban J connectivity index is 2.38. The van der Waals surface area contributed by atoms with E-state index < -0.39 is 29.5 Å². The third-order valence-corrected chi connectivity index (χ3v) is 3.76. The van der Waals surface area contributed by atoms with Gasteiger partial charge in [-0.05, 0) is 31.7 Å². The van der Waals surface area contributed by atoms with Gasteiger partial charge in [0.2, 0.25) is 0 Å². The summed E-state index contributed by atoms with van der Waals surface area (Å²) in [5.74, 6) is -3.85. The van der Waals surface area contributed by atoms with E-state index in [1.807, 2.05) is 0 Å². The van der Waals surface area contributed by atoms with Crippen LogP contribution in [0.15, 0.2) is 12.1 Å². The lowest BCUT2D eigenvalue weighted by molar-refractivity contribution is -0.147. The summed E-state index contributed by atoms with van der Waals surface area (Å²) < 4.78 is 46.6. The highest BCUT2D eigenvalue weighted by molar-refractivity contribution is 5.77. The molecule has 0 saturated carbocycles. The Hall–Kier alpha value is -2.42. The van der Waals surface area contributed by atoms with Crippen molar-refractivity contribution in [3.8, 4) is 0 Å². The molecule has 0 aliphatic rings. The maximum atomic E-state index is 13.5. The van der Waals surface area contributed by atoms with Gasteiger partial charge in [0.25, 0.3) is 0 Å². The third-order valence-electron chi connectivity index (χ3n) is 3.76. The topological polar surface area (TPSA) is 60.2 Å². The molecular formula is C15H17F3N4O2. The van der Waals surface area contributed by atoms with Crippen LogP contribution in [0.3, 0.4) is 0 Å². The number of nitrogens with zero attached hydrogens (tertiary/aromatic N) is 4. The Morgan fingerprint density at radius 2 is 1.88 bits per heavy atom. The summed E-state index contributed by atoms with van der Waals surface area (Å²) >= 11 is 0. The predicted octanol–water partition coefficient (Wildman–Crippen LogP) is 1.89. The van der Waals surface area contributed by atoms with Crippen LogP contribution in [-0.4, -0.2) is 39.8 Å². The first kappa shape index (κ1) is 17.9. The van der Waals surface area contributed by atoms with Gasteiger partial charge in [-0.3, -0.25) is 4.90 Å². The first-order valence-electron chi connectivity index (χ1n) is 7.03. The number of carbonyl (C=O) groups is 1.